The summed E-state index contributed by atoms with van der Waals surface area (Å²) in [5, 5.41) is 12.3. The molecule has 2 fully saturated rings. The summed E-state index contributed by atoms with van der Waals surface area (Å²) >= 11 is 0. The zero-order chi connectivity index (χ0) is 13.0. The van der Waals surface area contributed by atoms with Crippen LogP contribution in [0.4, 0.5) is 0 Å². The van der Waals surface area contributed by atoms with Gasteiger partial charge in [-0.25, -0.2) is 0 Å². The zero-order valence-corrected chi connectivity index (χ0v) is 10.8. The Bertz CT molecular complexity index is 411. The molecule has 0 aromatic heterocycles. The summed E-state index contributed by atoms with van der Waals surface area (Å²) in [5.41, 5.74) is 0. The van der Waals surface area contributed by atoms with Gasteiger partial charge >= 0.3 is 0 Å². The van der Waals surface area contributed by atoms with Crippen molar-refractivity contribution in [2.24, 2.45) is 0 Å². The minimum atomic E-state index is -0.299. The second-order valence-corrected chi connectivity index (χ2v) is 4.94. The molecule has 1 aliphatic heterocycles. The Labute approximate surface area is 108 Å². The van der Waals surface area contributed by atoms with E-state index in [0.29, 0.717) is 12.6 Å². The van der Waals surface area contributed by atoms with Gasteiger partial charge in [-0.2, -0.15) is 5.26 Å². The van der Waals surface area contributed by atoms with Gasteiger partial charge < -0.3 is 10.2 Å². The van der Waals surface area contributed by atoms with Gasteiger partial charge in [0.05, 0.1) is 18.7 Å². The second-order valence-electron chi connectivity index (χ2n) is 4.94. The smallest absolute Gasteiger partial charge is 0.238 e. The molecule has 2 rings (SSSR count). The molecule has 4 heteroatoms. The normalized spacial score (nSPS) is 27.0. The predicted molar refractivity (Wildman–Crippen MR) is 68.4 cm³/mol. The number of hydrogen-bond acceptors (Lipinski definition) is 3. The van der Waals surface area contributed by atoms with Crippen LogP contribution >= 0.6 is 0 Å². The van der Waals surface area contributed by atoms with E-state index in [-0.39, 0.29) is 18.0 Å². The largest absolute Gasteiger partial charge is 0.312 e. The number of amides is 1. The predicted octanol–water partition coefficient (Wildman–Crippen LogP) is 1.03. The summed E-state index contributed by atoms with van der Waals surface area (Å²) in [5.74, 6) is 5.90. The molecule has 0 bridgehead atoms. The molecule has 18 heavy (non-hydrogen) atoms. The van der Waals surface area contributed by atoms with Crippen LogP contribution in [0.3, 0.4) is 0 Å². The van der Waals surface area contributed by atoms with Gasteiger partial charge in [0.2, 0.25) is 5.91 Å². The van der Waals surface area contributed by atoms with Crippen LogP contribution in [0, 0.1) is 23.2 Å². The first-order valence-electron chi connectivity index (χ1n) is 6.62. The van der Waals surface area contributed by atoms with Crippen molar-refractivity contribution < 1.29 is 4.79 Å². The fraction of sp³-hybridized carbons (Fsp3) is 0.714. The van der Waals surface area contributed by atoms with Crippen LogP contribution in [-0.2, 0) is 4.79 Å². The maximum Gasteiger partial charge on any atom is 0.238 e. The lowest BCUT2D eigenvalue weighted by Crippen LogP contribution is -2.47. The highest BCUT2D eigenvalue weighted by Gasteiger charge is 2.36. The minimum absolute atomic E-state index is 0.0127. The Hall–Kier alpha value is -1.52. The monoisotopic (exact) mass is 245 g/mol. The standard InChI is InChI=1S/C14H19N3O/c1-2-4-12-7-8-13(9-15)17(12)14(18)10-16-11-5-3-6-11/h11-13,16H,3,5-8,10H2,1H3/t12-,13-/m0/s1. The highest BCUT2D eigenvalue weighted by atomic mass is 16.2. The Morgan fingerprint density at radius 2 is 2.06 bits per heavy atom. The summed E-state index contributed by atoms with van der Waals surface area (Å²) in [6.45, 7) is 2.11. The summed E-state index contributed by atoms with van der Waals surface area (Å²) in [6, 6.07) is 2.33. The molecule has 4 nitrogen and oxygen atoms in total. The van der Waals surface area contributed by atoms with Gasteiger partial charge in [0.1, 0.15) is 6.04 Å². The van der Waals surface area contributed by atoms with Crippen molar-refractivity contribution >= 4 is 5.91 Å². The van der Waals surface area contributed by atoms with E-state index in [1.54, 1.807) is 11.8 Å². The van der Waals surface area contributed by atoms with Crippen LogP contribution in [-0.4, -0.2) is 35.5 Å². The van der Waals surface area contributed by atoms with Crippen molar-refractivity contribution in [1.82, 2.24) is 10.2 Å². The molecule has 0 spiro atoms. The number of rotatable bonds is 3. The minimum Gasteiger partial charge on any atom is -0.312 e. The Morgan fingerprint density at radius 1 is 1.33 bits per heavy atom. The second kappa shape index (κ2) is 5.89. The Kier molecular flexibility index (Phi) is 4.23. The van der Waals surface area contributed by atoms with Crippen LogP contribution in [0.1, 0.15) is 39.0 Å². The van der Waals surface area contributed by atoms with Gasteiger partial charge in [0.15, 0.2) is 0 Å². The SMILES string of the molecule is CC#C[C@H]1CC[C@@H](C#N)N1C(=O)CNC1CCC1. The first-order valence-corrected chi connectivity index (χ1v) is 6.62. The zero-order valence-electron chi connectivity index (χ0n) is 10.8. The number of carbonyl (C=O) groups is 1. The van der Waals surface area contributed by atoms with Crippen LogP contribution in [0.25, 0.3) is 0 Å². The molecule has 1 N–H and O–H groups in total. The van der Waals surface area contributed by atoms with Crippen molar-refractivity contribution in [3.8, 4) is 17.9 Å². The molecule has 0 aromatic carbocycles. The third-order valence-electron chi connectivity index (χ3n) is 3.78. The molecule has 0 unspecified atom stereocenters. The maximum atomic E-state index is 12.2. The van der Waals surface area contributed by atoms with Gasteiger partial charge in [-0.15, -0.1) is 5.92 Å². The quantitative estimate of drug-likeness (QED) is 0.756. The third-order valence-corrected chi connectivity index (χ3v) is 3.78. The van der Waals surface area contributed by atoms with E-state index < -0.39 is 0 Å². The lowest BCUT2D eigenvalue weighted by Gasteiger charge is -2.29. The molecule has 1 heterocycles. The van der Waals surface area contributed by atoms with Crippen molar-refractivity contribution in [3.63, 3.8) is 0 Å². The number of hydrogen-bond donors (Lipinski definition) is 1. The molecular formula is C14H19N3O. The topological polar surface area (TPSA) is 56.1 Å². The lowest BCUT2D eigenvalue weighted by atomic mass is 9.93. The maximum absolute atomic E-state index is 12.2. The number of likely N-dealkylation sites (tertiary alicyclic amines) is 1. The summed E-state index contributed by atoms with van der Waals surface area (Å²) in [6.07, 6.45) is 5.12. The molecule has 0 aromatic rings. The average Bonchev–Trinajstić information content (AvgIpc) is 2.70. The molecule has 1 amide bonds. The molecule has 96 valence electrons. The summed E-state index contributed by atoms with van der Waals surface area (Å²) in [4.78, 5) is 13.9. The highest BCUT2D eigenvalue weighted by Crippen LogP contribution is 2.24. The molecule has 1 aliphatic carbocycles. The number of nitriles is 1. The average molecular weight is 245 g/mol. The van der Waals surface area contributed by atoms with Crippen molar-refractivity contribution in [1.29, 1.82) is 5.26 Å². The van der Waals surface area contributed by atoms with E-state index in [0.717, 1.165) is 25.7 Å². The van der Waals surface area contributed by atoms with Crippen LogP contribution in [0.2, 0.25) is 0 Å². The highest BCUT2D eigenvalue weighted by molar-refractivity contribution is 5.80. The van der Waals surface area contributed by atoms with E-state index in [9.17, 15) is 4.79 Å². The fourth-order valence-corrected chi connectivity index (χ4v) is 2.53. The molecular weight excluding hydrogens is 226 g/mol. The van der Waals surface area contributed by atoms with Gasteiger partial charge in [0.25, 0.3) is 0 Å². The van der Waals surface area contributed by atoms with Crippen molar-refractivity contribution in [2.45, 2.75) is 57.2 Å². The van der Waals surface area contributed by atoms with Crippen LogP contribution in [0.5, 0.6) is 0 Å². The van der Waals surface area contributed by atoms with E-state index in [4.69, 9.17) is 5.26 Å². The van der Waals surface area contributed by atoms with Gasteiger partial charge in [0, 0.05) is 6.04 Å². The fourth-order valence-electron chi connectivity index (χ4n) is 2.53. The number of nitrogens with zero attached hydrogens (tertiary/aromatic N) is 2. The van der Waals surface area contributed by atoms with E-state index in [1.165, 1.54) is 6.42 Å². The Balaban J connectivity index is 1.94. The van der Waals surface area contributed by atoms with Crippen LogP contribution in [0.15, 0.2) is 0 Å². The van der Waals surface area contributed by atoms with Crippen molar-refractivity contribution in [3.05, 3.63) is 0 Å². The van der Waals surface area contributed by atoms with E-state index in [2.05, 4.69) is 23.2 Å². The molecule has 0 radical (unpaired) electrons. The third kappa shape index (κ3) is 2.66. The summed E-state index contributed by atoms with van der Waals surface area (Å²) in [7, 11) is 0. The van der Waals surface area contributed by atoms with Gasteiger partial charge in [-0.3, -0.25) is 4.79 Å². The lowest BCUT2D eigenvalue weighted by molar-refractivity contribution is -0.131. The number of nitrogens with one attached hydrogen (secondary N) is 1. The molecule has 2 atom stereocenters. The first kappa shape index (κ1) is 12.9. The van der Waals surface area contributed by atoms with Gasteiger partial charge in [-0.1, -0.05) is 12.3 Å². The summed E-state index contributed by atoms with van der Waals surface area (Å²) < 4.78 is 0. The molecule has 1 saturated carbocycles. The first-order chi connectivity index (χ1) is 8.76. The molecule has 2 aliphatic rings. The molecule has 1 saturated heterocycles. The van der Waals surface area contributed by atoms with Gasteiger partial charge in [-0.05, 0) is 32.6 Å². The number of carbonyl (C=O) groups excluding carboxylic acids is 1. The Morgan fingerprint density at radius 3 is 2.61 bits per heavy atom. The van der Waals surface area contributed by atoms with E-state index in [1.807, 2.05) is 0 Å². The van der Waals surface area contributed by atoms with Crippen molar-refractivity contribution in [2.75, 3.05) is 6.54 Å². The van der Waals surface area contributed by atoms with Crippen LogP contribution < -0.4 is 5.32 Å². The van der Waals surface area contributed by atoms with E-state index >= 15 is 0 Å².